The van der Waals surface area contributed by atoms with E-state index in [1.807, 2.05) is 12.1 Å². The van der Waals surface area contributed by atoms with E-state index in [1.165, 1.54) is 10.9 Å². The molecule has 2 saturated heterocycles. The fourth-order valence-electron chi connectivity index (χ4n) is 4.33. The molecule has 0 saturated carbocycles. The Hall–Kier alpha value is -2.44. The molecule has 2 fully saturated rings. The van der Waals surface area contributed by atoms with Crippen LogP contribution in [0.4, 0.5) is 0 Å². The standard InChI is InChI=1S/C22H26N4O2/c1-4-21-20(8-13-26(21)18-9-14-27-16-18)22(5-1)28-19-6-11-25(12-7-19)15-17-3-2-10-23-24-17/h1-5,8,10,13,18-19H,6-7,9,11-12,14-16H2. The van der Waals surface area contributed by atoms with Crippen molar-refractivity contribution in [2.75, 3.05) is 26.3 Å². The zero-order chi connectivity index (χ0) is 18.8. The Morgan fingerprint density at radius 3 is 2.79 bits per heavy atom. The van der Waals surface area contributed by atoms with E-state index in [2.05, 4.69) is 50.1 Å². The summed E-state index contributed by atoms with van der Waals surface area (Å²) < 4.78 is 14.4. The maximum absolute atomic E-state index is 6.44. The fraction of sp³-hybridized carbons (Fsp3) is 0.455. The molecule has 2 aliphatic heterocycles. The summed E-state index contributed by atoms with van der Waals surface area (Å²) >= 11 is 0. The number of aromatic nitrogens is 3. The Morgan fingerprint density at radius 1 is 1.07 bits per heavy atom. The van der Waals surface area contributed by atoms with E-state index in [0.29, 0.717) is 6.04 Å². The lowest BCUT2D eigenvalue weighted by atomic mass is 10.1. The van der Waals surface area contributed by atoms with Gasteiger partial charge >= 0.3 is 0 Å². The van der Waals surface area contributed by atoms with E-state index in [0.717, 1.165) is 63.6 Å². The monoisotopic (exact) mass is 378 g/mol. The Labute approximate surface area is 165 Å². The van der Waals surface area contributed by atoms with Crippen molar-refractivity contribution in [1.82, 2.24) is 19.7 Å². The van der Waals surface area contributed by atoms with Gasteiger partial charge in [-0.05, 0) is 49.6 Å². The molecule has 4 heterocycles. The van der Waals surface area contributed by atoms with Gasteiger partial charge in [0.25, 0.3) is 0 Å². The summed E-state index contributed by atoms with van der Waals surface area (Å²) in [4.78, 5) is 2.43. The number of hydrogen-bond acceptors (Lipinski definition) is 5. The van der Waals surface area contributed by atoms with Crippen LogP contribution in [0.5, 0.6) is 5.75 Å². The second-order valence-corrected chi connectivity index (χ2v) is 7.74. The average molecular weight is 378 g/mol. The first kappa shape index (κ1) is 17.6. The number of rotatable bonds is 5. The van der Waals surface area contributed by atoms with Gasteiger partial charge in [-0.1, -0.05) is 6.07 Å². The topological polar surface area (TPSA) is 52.4 Å². The number of nitrogens with zero attached hydrogens (tertiary/aromatic N) is 4. The summed E-state index contributed by atoms with van der Waals surface area (Å²) in [7, 11) is 0. The molecule has 6 nitrogen and oxygen atoms in total. The molecule has 0 spiro atoms. The minimum absolute atomic E-state index is 0.266. The zero-order valence-electron chi connectivity index (χ0n) is 16.0. The predicted molar refractivity (Wildman–Crippen MR) is 107 cm³/mol. The van der Waals surface area contributed by atoms with Gasteiger partial charge in [0.2, 0.25) is 0 Å². The van der Waals surface area contributed by atoms with Gasteiger partial charge in [-0.3, -0.25) is 4.90 Å². The van der Waals surface area contributed by atoms with E-state index in [-0.39, 0.29) is 6.10 Å². The molecule has 1 atom stereocenters. The van der Waals surface area contributed by atoms with Crippen molar-refractivity contribution in [1.29, 1.82) is 0 Å². The summed E-state index contributed by atoms with van der Waals surface area (Å²) in [5, 5.41) is 9.37. The first-order chi connectivity index (χ1) is 13.9. The second kappa shape index (κ2) is 7.89. The number of fused-ring (bicyclic) bond motifs is 1. The molecule has 0 aliphatic carbocycles. The van der Waals surface area contributed by atoms with Gasteiger partial charge in [-0.2, -0.15) is 10.2 Å². The molecule has 1 aromatic carbocycles. The van der Waals surface area contributed by atoms with Crippen LogP contribution >= 0.6 is 0 Å². The highest BCUT2D eigenvalue weighted by atomic mass is 16.5. The van der Waals surface area contributed by atoms with Gasteiger partial charge < -0.3 is 14.0 Å². The number of ether oxygens (including phenoxy) is 2. The van der Waals surface area contributed by atoms with Crippen LogP contribution in [-0.2, 0) is 11.3 Å². The molecule has 0 radical (unpaired) electrons. The maximum Gasteiger partial charge on any atom is 0.129 e. The van der Waals surface area contributed by atoms with Crippen molar-refractivity contribution < 1.29 is 9.47 Å². The smallest absolute Gasteiger partial charge is 0.129 e. The van der Waals surface area contributed by atoms with E-state index in [9.17, 15) is 0 Å². The van der Waals surface area contributed by atoms with Gasteiger partial charge in [0, 0.05) is 44.0 Å². The van der Waals surface area contributed by atoms with Crippen LogP contribution in [-0.4, -0.2) is 52.1 Å². The molecule has 2 aromatic heterocycles. The van der Waals surface area contributed by atoms with Crippen LogP contribution in [0, 0.1) is 0 Å². The minimum Gasteiger partial charge on any atom is -0.490 e. The number of hydrogen-bond donors (Lipinski definition) is 0. The SMILES string of the molecule is c1cnnc(CN2CCC(Oc3cccc4c3ccn4C3CCOC3)CC2)c1. The molecule has 0 N–H and O–H groups in total. The van der Waals surface area contributed by atoms with E-state index in [1.54, 1.807) is 6.20 Å². The number of benzene rings is 1. The summed E-state index contributed by atoms with van der Waals surface area (Å²) in [6, 6.07) is 13.0. The summed E-state index contributed by atoms with van der Waals surface area (Å²) in [5.41, 5.74) is 2.27. The van der Waals surface area contributed by atoms with Crippen molar-refractivity contribution >= 4 is 10.9 Å². The lowest BCUT2D eigenvalue weighted by molar-refractivity contribution is 0.0971. The van der Waals surface area contributed by atoms with Crippen LogP contribution in [0.25, 0.3) is 10.9 Å². The summed E-state index contributed by atoms with van der Waals surface area (Å²) in [5.74, 6) is 1.00. The van der Waals surface area contributed by atoms with Crippen LogP contribution < -0.4 is 4.74 Å². The molecule has 0 bridgehead atoms. The van der Waals surface area contributed by atoms with Crippen LogP contribution in [0.15, 0.2) is 48.8 Å². The van der Waals surface area contributed by atoms with Crippen molar-refractivity contribution in [2.24, 2.45) is 0 Å². The molecule has 6 heteroatoms. The first-order valence-electron chi connectivity index (χ1n) is 10.2. The maximum atomic E-state index is 6.44. The molecular formula is C22H26N4O2. The van der Waals surface area contributed by atoms with Gasteiger partial charge in [0.1, 0.15) is 11.9 Å². The molecule has 28 heavy (non-hydrogen) atoms. The van der Waals surface area contributed by atoms with Crippen molar-refractivity contribution in [2.45, 2.75) is 38.0 Å². The first-order valence-corrected chi connectivity index (χ1v) is 10.2. The Morgan fingerprint density at radius 2 is 2.00 bits per heavy atom. The third-order valence-electron chi connectivity index (χ3n) is 5.86. The summed E-state index contributed by atoms with van der Waals surface area (Å²) in [6.07, 6.45) is 7.32. The molecule has 5 rings (SSSR count). The molecule has 0 amide bonds. The molecule has 2 aliphatic rings. The fourth-order valence-corrected chi connectivity index (χ4v) is 4.33. The lowest BCUT2D eigenvalue weighted by Gasteiger charge is -2.32. The van der Waals surface area contributed by atoms with Gasteiger partial charge in [-0.25, -0.2) is 0 Å². The Bertz CT molecular complexity index is 913. The zero-order valence-corrected chi connectivity index (χ0v) is 16.0. The molecule has 3 aromatic rings. The Kier molecular flexibility index (Phi) is 4.97. The largest absolute Gasteiger partial charge is 0.490 e. The summed E-state index contributed by atoms with van der Waals surface area (Å²) in [6.45, 7) is 4.57. The minimum atomic E-state index is 0.266. The molecular weight excluding hydrogens is 352 g/mol. The lowest BCUT2D eigenvalue weighted by Crippen LogP contribution is -2.38. The highest BCUT2D eigenvalue weighted by Gasteiger charge is 2.23. The quantitative estimate of drug-likeness (QED) is 0.681. The van der Waals surface area contributed by atoms with Gasteiger partial charge in [-0.15, -0.1) is 0 Å². The van der Waals surface area contributed by atoms with Gasteiger partial charge in [0.15, 0.2) is 0 Å². The normalized spacial score (nSPS) is 21.4. The van der Waals surface area contributed by atoms with Crippen LogP contribution in [0.3, 0.4) is 0 Å². The van der Waals surface area contributed by atoms with E-state index < -0.39 is 0 Å². The number of piperidine rings is 1. The van der Waals surface area contributed by atoms with Crippen LogP contribution in [0.1, 0.15) is 31.0 Å². The molecule has 1 unspecified atom stereocenters. The van der Waals surface area contributed by atoms with E-state index in [4.69, 9.17) is 9.47 Å². The number of likely N-dealkylation sites (tertiary alicyclic amines) is 1. The third-order valence-corrected chi connectivity index (χ3v) is 5.86. The molecule has 146 valence electrons. The second-order valence-electron chi connectivity index (χ2n) is 7.74. The predicted octanol–water partition coefficient (Wildman–Crippen LogP) is 3.44. The average Bonchev–Trinajstić information content (AvgIpc) is 3.40. The highest BCUT2D eigenvalue weighted by molar-refractivity contribution is 5.86. The van der Waals surface area contributed by atoms with Crippen molar-refractivity contribution in [3.63, 3.8) is 0 Å². The Balaban J connectivity index is 1.24. The van der Waals surface area contributed by atoms with Crippen LogP contribution in [0.2, 0.25) is 0 Å². The van der Waals surface area contributed by atoms with E-state index >= 15 is 0 Å². The van der Waals surface area contributed by atoms with Crippen molar-refractivity contribution in [3.05, 3.63) is 54.5 Å². The third kappa shape index (κ3) is 3.62. The van der Waals surface area contributed by atoms with Crippen molar-refractivity contribution in [3.8, 4) is 5.75 Å². The van der Waals surface area contributed by atoms with Gasteiger partial charge in [0.05, 0.1) is 23.9 Å². The highest BCUT2D eigenvalue weighted by Crippen LogP contribution is 2.32.